The number of rotatable bonds is 0. The third-order valence-electron chi connectivity index (χ3n) is 0. The second-order valence-corrected chi connectivity index (χ2v) is 0. The summed E-state index contributed by atoms with van der Waals surface area (Å²) in [7, 11) is 0. The Morgan fingerprint density at radius 3 is 0.273 bits per heavy atom. The van der Waals surface area contributed by atoms with Crippen molar-refractivity contribution in [2.45, 2.75) is 0 Å². The van der Waals surface area contributed by atoms with Crippen LogP contribution in [0.3, 0.4) is 0 Å². The quantitative estimate of drug-likeness (QED) is 0.260. The first-order valence-corrected chi connectivity index (χ1v) is 0. The van der Waals surface area contributed by atoms with Gasteiger partial charge >= 0.3 is 360 Å². The molecule has 0 spiro atoms. The topological polar surface area (TPSA) is 85.5 Å². The van der Waals surface area contributed by atoms with E-state index >= 15 is 0 Å². The molecular weight excluding hydrogens is 449 g/mol. The van der Waals surface area contributed by atoms with E-state index in [0.29, 0.717) is 0 Å². The Labute approximate surface area is 383 Å². The number of halogens is 1. The minimum atomic E-state index is 0. The fourth-order valence-electron chi connectivity index (χ4n) is 0. The first-order valence-electron chi connectivity index (χ1n) is 0. The van der Waals surface area contributed by atoms with Crippen LogP contribution in [0, 0.1) is 0 Å². The van der Waals surface area contributed by atoms with Crippen LogP contribution < -0.4 is 360 Å². The zero-order valence-corrected chi connectivity index (χ0v) is 32.8. The van der Waals surface area contributed by atoms with Gasteiger partial charge in [-0.25, -0.2) is 0 Å². The van der Waals surface area contributed by atoms with E-state index in [4.69, 9.17) is 0 Å². The molecule has 32 valence electrons. The van der Waals surface area contributed by atoms with E-state index in [2.05, 4.69) is 0 Å². The molecule has 0 aliphatic rings. The summed E-state index contributed by atoms with van der Waals surface area (Å²) < 4.78 is 0. The minimum absolute atomic E-state index is 0. The van der Waals surface area contributed by atoms with Crippen molar-refractivity contribution in [1.82, 2.24) is 0 Å². The Bertz CT molecular complexity index is 13.6. The smallest absolute Gasteiger partial charge is 1.00 e. The number of hydrogen-bond donors (Lipinski definition) is 0. The molecule has 0 aliphatic carbocycles. The van der Waals surface area contributed by atoms with Crippen molar-refractivity contribution in [3.63, 3.8) is 0 Å². The van der Waals surface area contributed by atoms with Crippen LogP contribution in [-0.2, 0) is 16.4 Å². The fraction of sp³-hybridized carbons (Fsp3) is 0. The summed E-state index contributed by atoms with van der Waals surface area (Å²) in [5.74, 6) is 0. The Morgan fingerprint density at radius 2 is 0.273 bits per heavy atom. The van der Waals surface area contributed by atoms with Gasteiger partial charge in [0.25, 0.3) is 0 Å². The van der Waals surface area contributed by atoms with Crippen LogP contribution in [0.25, 0.3) is 0 Å². The van der Waals surface area contributed by atoms with Crippen molar-refractivity contribution >= 4 is 24.0 Å². The molecule has 11 heteroatoms. The van der Waals surface area contributed by atoms with E-state index in [-0.39, 0.29) is 400 Å². The van der Waals surface area contributed by atoms with Gasteiger partial charge in [-0.3, -0.25) is 0 Å². The molecule has 0 atom stereocenters. The number of hydrogen-bond acceptors (Lipinski definition) is 0. The second kappa shape index (κ2) is 67.3. The van der Waals surface area contributed by atoms with Crippen molar-refractivity contribution in [3.05, 3.63) is 0 Å². The Kier molecular flexibility index (Phi) is 472. The molecule has 0 aliphatic heterocycles. The third kappa shape index (κ3) is 61.0. The molecule has 0 aromatic carbocycles. The zero-order valence-electron chi connectivity index (χ0n) is 8.63. The van der Waals surface area contributed by atoms with Crippen molar-refractivity contribution in [2.24, 2.45) is 0 Å². The standard InChI is InChI=1S/HI.7K.3O/h1H;;;;;;;;;;/q;7*+1;3*-2. The molecule has 0 amide bonds. The fourth-order valence-corrected chi connectivity index (χ4v) is 0. The molecule has 0 aromatic rings. The van der Waals surface area contributed by atoms with Gasteiger partial charge in [-0.1, -0.05) is 0 Å². The van der Waals surface area contributed by atoms with Gasteiger partial charge in [0.1, 0.15) is 0 Å². The van der Waals surface area contributed by atoms with E-state index in [1.54, 1.807) is 0 Å². The molecule has 3 nitrogen and oxygen atoms in total. The molecule has 0 rings (SSSR count). The summed E-state index contributed by atoms with van der Waals surface area (Å²) in [6, 6.07) is 0. The van der Waals surface area contributed by atoms with Gasteiger partial charge in [0.05, 0.1) is 0 Å². The van der Waals surface area contributed by atoms with Crippen LogP contribution in [0.5, 0.6) is 0 Å². The molecule has 0 heterocycles. The largest absolute Gasteiger partial charge is 2.00 e. The van der Waals surface area contributed by atoms with E-state index in [1.165, 1.54) is 0 Å². The maximum Gasteiger partial charge on any atom is 1.00 e. The Balaban J connectivity index is 0. The second-order valence-electron chi connectivity index (χ2n) is 0. The monoisotopic (exact) mass is 449 g/mol. The van der Waals surface area contributed by atoms with E-state index in [0.717, 1.165) is 0 Å². The molecule has 0 unspecified atom stereocenters. The molecule has 0 N–H and O–H groups in total. The normalized spacial score (nSPS) is 0. The van der Waals surface area contributed by atoms with Gasteiger partial charge in [0, 0.05) is 0 Å². The Morgan fingerprint density at radius 1 is 0.273 bits per heavy atom. The van der Waals surface area contributed by atoms with Crippen molar-refractivity contribution < 1.29 is 376 Å². The molecule has 0 aromatic heterocycles. The van der Waals surface area contributed by atoms with Gasteiger partial charge in [0.2, 0.25) is 0 Å². The molecule has 0 bridgehead atoms. The minimum Gasteiger partial charge on any atom is -2.00 e. The van der Waals surface area contributed by atoms with E-state index in [9.17, 15) is 0 Å². The van der Waals surface area contributed by atoms with E-state index < -0.39 is 0 Å². The van der Waals surface area contributed by atoms with Gasteiger partial charge in [-0.2, -0.15) is 0 Å². The molecule has 11 heavy (non-hydrogen) atoms. The summed E-state index contributed by atoms with van der Waals surface area (Å²) in [5, 5.41) is 0. The first-order chi connectivity index (χ1) is 0. The van der Waals surface area contributed by atoms with Crippen LogP contribution in [-0.4, -0.2) is 0 Å². The predicted molar refractivity (Wildman–Crippen MR) is 17.5 cm³/mol. The van der Waals surface area contributed by atoms with Crippen LogP contribution in [0.2, 0.25) is 0 Å². The van der Waals surface area contributed by atoms with Crippen molar-refractivity contribution in [3.8, 4) is 0 Å². The summed E-state index contributed by atoms with van der Waals surface area (Å²) in [6.07, 6.45) is 0. The third-order valence-corrected chi connectivity index (χ3v) is 0. The van der Waals surface area contributed by atoms with Crippen LogP contribution >= 0.6 is 24.0 Å². The summed E-state index contributed by atoms with van der Waals surface area (Å²) in [4.78, 5) is 0. The first kappa shape index (κ1) is 77.1. The Hall–Kier alpha value is 12.1. The van der Waals surface area contributed by atoms with Gasteiger partial charge in [0.15, 0.2) is 0 Å². The van der Waals surface area contributed by atoms with Crippen LogP contribution in [0.4, 0.5) is 0 Å². The molecular formula is HIK7O3+. The van der Waals surface area contributed by atoms with Crippen molar-refractivity contribution in [2.75, 3.05) is 0 Å². The van der Waals surface area contributed by atoms with Gasteiger partial charge in [-0.05, 0) is 0 Å². The molecule has 0 saturated heterocycles. The SMILES string of the molecule is I.[K+].[K+].[K+].[K+].[K+].[K+].[K+].[O-2].[O-2].[O-2]. The summed E-state index contributed by atoms with van der Waals surface area (Å²) >= 11 is 0. The average molecular weight is 450 g/mol. The predicted octanol–water partition coefficient (Wildman–Crippen LogP) is -20.7. The molecule has 0 fully saturated rings. The zero-order chi connectivity index (χ0) is 0. The van der Waals surface area contributed by atoms with Crippen LogP contribution in [0.15, 0.2) is 0 Å². The van der Waals surface area contributed by atoms with Crippen molar-refractivity contribution in [1.29, 1.82) is 0 Å². The maximum absolute atomic E-state index is 0. The maximum atomic E-state index is 0. The average Bonchev–Trinajstić information content (AvgIpc) is 0. The van der Waals surface area contributed by atoms with Crippen LogP contribution in [0.1, 0.15) is 0 Å². The molecule has 0 radical (unpaired) electrons. The van der Waals surface area contributed by atoms with Gasteiger partial charge in [-0.15, -0.1) is 24.0 Å². The summed E-state index contributed by atoms with van der Waals surface area (Å²) in [6.45, 7) is 0. The molecule has 0 saturated carbocycles. The van der Waals surface area contributed by atoms with Gasteiger partial charge < -0.3 is 16.4 Å². The van der Waals surface area contributed by atoms with E-state index in [1.807, 2.05) is 0 Å². The summed E-state index contributed by atoms with van der Waals surface area (Å²) in [5.41, 5.74) is 0.